The molecule has 5 rings (SSSR count). The molecule has 3 aromatic heterocycles. The minimum Gasteiger partial charge on any atom is -0.379 e. The van der Waals surface area contributed by atoms with Crippen molar-refractivity contribution in [2.24, 2.45) is 14.1 Å². The Bertz CT molecular complexity index is 1140. The lowest BCUT2D eigenvalue weighted by Crippen LogP contribution is -2.19. The maximum Gasteiger partial charge on any atom is 0.161 e. The topological polar surface area (TPSA) is 81.8 Å². The highest BCUT2D eigenvalue weighted by molar-refractivity contribution is 5.91. The number of rotatable bonds is 5. The fourth-order valence-electron chi connectivity index (χ4n) is 3.63. The van der Waals surface area contributed by atoms with E-state index in [0.717, 1.165) is 59.2 Å². The molecule has 8 heteroatoms. The molecule has 2 N–H and O–H groups in total. The second-order valence-electron chi connectivity index (χ2n) is 7.29. The molecule has 0 saturated carbocycles. The predicted octanol–water partition coefficient (Wildman–Crippen LogP) is 3.31. The molecule has 1 aliphatic heterocycles. The first-order chi connectivity index (χ1) is 14.2. The molecule has 4 heterocycles. The van der Waals surface area contributed by atoms with Crippen molar-refractivity contribution >= 4 is 28.4 Å². The SMILES string of the molecule is Cn1nc(-c2ccccc2)cc1Nc1cc(NC2CCOC2)c2cnn(C)c2n1. The standard InChI is InChI=1S/C21H23N7O/c1-27-20(11-17(26-27)14-6-4-3-5-7-14)24-19-10-18(23-15-8-9-29-13-15)16-12-22-28(2)21(16)25-19/h3-7,10-12,15H,8-9,13H2,1-2H3,(H2,23,24,25). The maximum atomic E-state index is 5.51. The summed E-state index contributed by atoms with van der Waals surface area (Å²) in [5.74, 6) is 1.61. The van der Waals surface area contributed by atoms with Crippen LogP contribution in [0.4, 0.5) is 17.3 Å². The van der Waals surface area contributed by atoms with Gasteiger partial charge in [-0.05, 0) is 6.42 Å². The van der Waals surface area contributed by atoms with Crippen LogP contribution in [0.25, 0.3) is 22.3 Å². The highest BCUT2D eigenvalue weighted by atomic mass is 16.5. The molecule has 1 atom stereocenters. The van der Waals surface area contributed by atoms with Crippen molar-refractivity contribution in [3.63, 3.8) is 0 Å². The summed E-state index contributed by atoms with van der Waals surface area (Å²) in [6, 6.07) is 14.5. The Hall–Kier alpha value is -3.39. The van der Waals surface area contributed by atoms with E-state index >= 15 is 0 Å². The van der Waals surface area contributed by atoms with E-state index < -0.39 is 0 Å². The van der Waals surface area contributed by atoms with E-state index in [4.69, 9.17) is 9.72 Å². The van der Waals surface area contributed by atoms with E-state index in [1.54, 1.807) is 4.68 Å². The van der Waals surface area contributed by atoms with Gasteiger partial charge in [0, 0.05) is 38.4 Å². The molecule has 4 aromatic rings. The average molecular weight is 389 g/mol. The number of fused-ring (bicyclic) bond motifs is 1. The predicted molar refractivity (Wildman–Crippen MR) is 113 cm³/mol. The molecular weight excluding hydrogens is 366 g/mol. The summed E-state index contributed by atoms with van der Waals surface area (Å²) in [7, 11) is 3.82. The zero-order valence-electron chi connectivity index (χ0n) is 16.5. The molecule has 0 bridgehead atoms. The van der Waals surface area contributed by atoms with Crippen molar-refractivity contribution in [3.05, 3.63) is 48.7 Å². The first-order valence-electron chi connectivity index (χ1n) is 9.71. The lowest BCUT2D eigenvalue weighted by atomic mass is 10.1. The summed E-state index contributed by atoms with van der Waals surface area (Å²) in [5, 5.41) is 17.0. The summed E-state index contributed by atoms with van der Waals surface area (Å²) in [6.45, 7) is 1.51. The lowest BCUT2D eigenvalue weighted by molar-refractivity contribution is 0.195. The quantitative estimate of drug-likeness (QED) is 0.545. The molecule has 0 aliphatic carbocycles. The number of pyridine rings is 1. The maximum absolute atomic E-state index is 5.51. The molecule has 1 saturated heterocycles. The first-order valence-corrected chi connectivity index (χ1v) is 9.71. The molecule has 29 heavy (non-hydrogen) atoms. The van der Waals surface area contributed by atoms with Gasteiger partial charge in [0.2, 0.25) is 0 Å². The van der Waals surface area contributed by atoms with Crippen molar-refractivity contribution in [1.29, 1.82) is 0 Å². The largest absolute Gasteiger partial charge is 0.379 e. The Kier molecular flexibility index (Phi) is 4.40. The van der Waals surface area contributed by atoms with E-state index in [0.29, 0.717) is 6.04 Å². The zero-order valence-corrected chi connectivity index (χ0v) is 16.5. The van der Waals surface area contributed by atoms with Crippen molar-refractivity contribution in [1.82, 2.24) is 24.5 Å². The molecule has 0 amide bonds. The third-order valence-corrected chi connectivity index (χ3v) is 5.20. The fourth-order valence-corrected chi connectivity index (χ4v) is 3.63. The van der Waals surface area contributed by atoms with Crippen LogP contribution in [0.3, 0.4) is 0 Å². The number of nitrogens with one attached hydrogen (secondary N) is 2. The van der Waals surface area contributed by atoms with Crippen LogP contribution < -0.4 is 10.6 Å². The number of benzene rings is 1. The van der Waals surface area contributed by atoms with Gasteiger partial charge in [0.05, 0.1) is 35.6 Å². The van der Waals surface area contributed by atoms with Crippen molar-refractivity contribution < 1.29 is 4.74 Å². The Morgan fingerprint density at radius 2 is 1.97 bits per heavy atom. The van der Waals surface area contributed by atoms with Gasteiger partial charge in [-0.25, -0.2) is 4.98 Å². The molecule has 148 valence electrons. The van der Waals surface area contributed by atoms with Crippen LogP contribution in [-0.2, 0) is 18.8 Å². The molecular formula is C21H23N7O. The third-order valence-electron chi connectivity index (χ3n) is 5.20. The Morgan fingerprint density at radius 1 is 1.10 bits per heavy atom. The molecule has 0 radical (unpaired) electrons. The van der Waals surface area contributed by atoms with Crippen LogP contribution in [0.1, 0.15) is 6.42 Å². The van der Waals surface area contributed by atoms with E-state index in [1.165, 1.54) is 0 Å². The molecule has 1 unspecified atom stereocenters. The van der Waals surface area contributed by atoms with Crippen LogP contribution in [0.5, 0.6) is 0 Å². The number of nitrogens with zero attached hydrogens (tertiary/aromatic N) is 5. The average Bonchev–Trinajstić information content (AvgIpc) is 3.45. The van der Waals surface area contributed by atoms with Gasteiger partial charge in [-0.3, -0.25) is 9.36 Å². The van der Waals surface area contributed by atoms with Crippen LogP contribution in [0.15, 0.2) is 48.7 Å². The van der Waals surface area contributed by atoms with Crippen molar-refractivity contribution in [2.75, 3.05) is 23.8 Å². The highest BCUT2D eigenvalue weighted by Crippen LogP contribution is 2.29. The Labute approximate surface area is 168 Å². The second kappa shape index (κ2) is 7.21. The van der Waals surface area contributed by atoms with Gasteiger partial charge in [0.25, 0.3) is 0 Å². The zero-order chi connectivity index (χ0) is 19.8. The molecule has 0 spiro atoms. The second-order valence-corrected chi connectivity index (χ2v) is 7.29. The smallest absolute Gasteiger partial charge is 0.161 e. The number of aromatic nitrogens is 5. The number of aryl methyl sites for hydroxylation is 2. The highest BCUT2D eigenvalue weighted by Gasteiger charge is 2.18. The third kappa shape index (κ3) is 3.42. The lowest BCUT2D eigenvalue weighted by Gasteiger charge is -2.15. The van der Waals surface area contributed by atoms with Gasteiger partial charge < -0.3 is 15.4 Å². The van der Waals surface area contributed by atoms with Gasteiger partial charge in [0.1, 0.15) is 11.6 Å². The summed E-state index contributed by atoms with van der Waals surface area (Å²) in [5.41, 5.74) is 3.82. The summed E-state index contributed by atoms with van der Waals surface area (Å²) < 4.78 is 9.12. The van der Waals surface area contributed by atoms with Gasteiger partial charge >= 0.3 is 0 Å². The number of ether oxygens (including phenoxy) is 1. The van der Waals surface area contributed by atoms with Gasteiger partial charge in [-0.15, -0.1) is 0 Å². The van der Waals surface area contributed by atoms with Crippen LogP contribution in [0.2, 0.25) is 0 Å². The minimum absolute atomic E-state index is 0.301. The molecule has 1 aromatic carbocycles. The molecule has 1 aliphatic rings. The Morgan fingerprint density at radius 3 is 2.76 bits per heavy atom. The van der Waals surface area contributed by atoms with E-state index in [-0.39, 0.29) is 0 Å². The van der Waals surface area contributed by atoms with E-state index in [2.05, 4.69) is 33.0 Å². The summed E-state index contributed by atoms with van der Waals surface area (Å²) >= 11 is 0. The van der Waals surface area contributed by atoms with Crippen LogP contribution in [-0.4, -0.2) is 43.8 Å². The van der Waals surface area contributed by atoms with Gasteiger partial charge in [-0.1, -0.05) is 30.3 Å². The van der Waals surface area contributed by atoms with Crippen LogP contribution in [0, 0.1) is 0 Å². The first kappa shape index (κ1) is 17.7. The molecule has 1 fully saturated rings. The summed E-state index contributed by atoms with van der Waals surface area (Å²) in [6.07, 6.45) is 2.84. The Balaban J connectivity index is 1.49. The molecule has 8 nitrogen and oxygen atoms in total. The van der Waals surface area contributed by atoms with E-state index in [9.17, 15) is 0 Å². The van der Waals surface area contributed by atoms with Crippen molar-refractivity contribution in [2.45, 2.75) is 12.5 Å². The monoisotopic (exact) mass is 389 g/mol. The normalized spacial score (nSPS) is 16.4. The fraction of sp³-hybridized carbons (Fsp3) is 0.286. The number of hydrogen-bond acceptors (Lipinski definition) is 6. The van der Waals surface area contributed by atoms with Crippen molar-refractivity contribution in [3.8, 4) is 11.3 Å². The number of anilines is 3. The van der Waals surface area contributed by atoms with Gasteiger partial charge in [0.15, 0.2) is 5.65 Å². The van der Waals surface area contributed by atoms with Crippen LogP contribution >= 0.6 is 0 Å². The minimum atomic E-state index is 0.301. The van der Waals surface area contributed by atoms with Gasteiger partial charge in [-0.2, -0.15) is 10.2 Å². The summed E-state index contributed by atoms with van der Waals surface area (Å²) in [4.78, 5) is 4.77. The number of hydrogen-bond donors (Lipinski definition) is 2. The van der Waals surface area contributed by atoms with E-state index in [1.807, 2.05) is 55.3 Å².